The van der Waals surface area contributed by atoms with Gasteiger partial charge in [0.1, 0.15) is 17.6 Å². The van der Waals surface area contributed by atoms with Crippen molar-refractivity contribution in [1.29, 1.82) is 5.26 Å². The molecule has 0 saturated carbocycles. The van der Waals surface area contributed by atoms with Crippen LogP contribution in [0, 0.1) is 18.3 Å². The van der Waals surface area contributed by atoms with Crippen LogP contribution in [-0.4, -0.2) is 51.0 Å². The van der Waals surface area contributed by atoms with E-state index in [1.807, 2.05) is 17.9 Å². The summed E-state index contributed by atoms with van der Waals surface area (Å²) in [6.07, 6.45) is 1.53. The summed E-state index contributed by atoms with van der Waals surface area (Å²) in [4.78, 5) is 6.57. The number of aromatic nitrogens is 1. The van der Waals surface area contributed by atoms with E-state index >= 15 is 0 Å². The summed E-state index contributed by atoms with van der Waals surface area (Å²) >= 11 is 0. The van der Waals surface area contributed by atoms with Crippen molar-refractivity contribution in [3.63, 3.8) is 0 Å². The number of hydrogen-bond acceptors (Lipinski definition) is 6. The number of aryl methyl sites for hydroxylation is 1. The third-order valence-electron chi connectivity index (χ3n) is 4.44. The van der Waals surface area contributed by atoms with Gasteiger partial charge in [0, 0.05) is 32.4 Å². The molecule has 1 saturated heterocycles. The maximum atomic E-state index is 12.9. The van der Waals surface area contributed by atoms with Crippen LogP contribution in [0.3, 0.4) is 0 Å². The Labute approximate surface area is 153 Å². The molecule has 136 valence electrons. The van der Waals surface area contributed by atoms with Gasteiger partial charge < -0.3 is 9.64 Å². The van der Waals surface area contributed by atoms with E-state index in [0.717, 1.165) is 11.4 Å². The molecule has 0 amide bonds. The molecule has 0 spiro atoms. The number of sulfonamides is 1. The second kappa shape index (κ2) is 7.32. The molecule has 1 aromatic carbocycles. The topological polar surface area (TPSA) is 86.5 Å². The van der Waals surface area contributed by atoms with Crippen LogP contribution in [0.2, 0.25) is 0 Å². The molecule has 0 bridgehead atoms. The molecule has 0 unspecified atom stereocenters. The fourth-order valence-corrected chi connectivity index (χ4v) is 4.47. The molecule has 26 heavy (non-hydrogen) atoms. The highest BCUT2D eigenvalue weighted by Crippen LogP contribution is 2.25. The summed E-state index contributed by atoms with van der Waals surface area (Å²) in [5.41, 5.74) is 1.29. The van der Waals surface area contributed by atoms with Crippen LogP contribution >= 0.6 is 0 Å². The molecule has 0 radical (unpaired) electrons. The second-order valence-electron chi connectivity index (χ2n) is 6.04. The lowest BCUT2D eigenvalue weighted by Crippen LogP contribution is -2.48. The Morgan fingerprint density at radius 3 is 2.42 bits per heavy atom. The zero-order valence-corrected chi connectivity index (χ0v) is 15.5. The Bertz CT molecular complexity index is 928. The lowest BCUT2D eigenvalue weighted by atomic mass is 10.2. The van der Waals surface area contributed by atoms with Gasteiger partial charge >= 0.3 is 0 Å². The van der Waals surface area contributed by atoms with Crippen molar-refractivity contribution in [2.45, 2.75) is 11.8 Å². The number of nitrogens with zero attached hydrogens (tertiary/aromatic N) is 4. The number of anilines is 1. The number of benzene rings is 1. The standard InChI is InChI=1S/C18H20N4O3S/c1-14-11-16(4-5-17(14)25-2)26(23,24)22-9-7-21(8-10-22)18-6-3-15(12-19)13-20-18/h3-6,11,13H,7-10H2,1-2H3. The maximum Gasteiger partial charge on any atom is 0.243 e. The fourth-order valence-electron chi connectivity index (χ4n) is 2.96. The van der Waals surface area contributed by atoms with Crippen molar-refractivity contribution in [3.8, 4) is 11.8 Å². The second-order valence-corrected chi connectivity index (χ2v) is 7.98. The van der Waals surface area contributed by atoms with Gasteiger partial charge in [0.15, 0.2) is 0 Å². The van der Waals surface area contributed by atoms with E-state index in [4.69, 9.17) is 10.00 Å². The van der Waals surface area contributed by atoms with E-state index in [-0.39, 0.29) is 4.90 Å². The zero-order valence-electron chi connectivity index (χ0n) is 14.7. The van der Waals surface area contributed by atoms with Gasteiger partial charge in [0.05, 0.1) is 17.6 Å². The summed E-state index contributed by atoms with van der Waals surface area (Å²) in [6, 6.07) is 10.4. The molecular weight excluding hydrogens is 352 g/mol. The number of ether oxygens (including phenoxy) is 1. The van der Waals surface area contributed by atoms with E-state index in [9.17, 15) is 8.42 Å². The lowest BCUT2D eigenvalue weighted by molar-refractivity contribution is 0.383. The molecule has 1 aliphatic rings. The summed E-state index contributed by atoms with van der Waals surface area (Å²) in [6.45, 7) is 3.69. The largest absolute Gasteiger partial charge is 0.496 e. The quantitative estimate of drug-likeness (QED) is 0.813. The summed E-state index contributed by atoms with van der Waals surface area (Å²) < 4.78 is 32.5. The number of hydrogen-bond donors (Lipinski definition) is 0. The van der Waals surface area contributed by atoms with E-state index in [0.29, 0.717) is 37.5 Å². The summed E-state index contributed by atoms with van der Waals surface area (Å²) in [5, 5.41) is 8.84. The Kier molecular flexibility index (Phi) is 5.11. The average Bonchev–Trinajstić information content (AvgIpc) is 2.68. The number of piperazine rings is 1. The van der Waals surface area contributed by atoms with Gasteiger partial charge in [-0.15, -0.1) is 0 Å². The molecule has 2 heterocycles. The van der Waals surface area contributed by atoms with E-state index < -0.39 is 10.0 Å². The highest BCUT2D eigenvalue weighted by atomic mass is 32.2. The first-order valence-electron chi connectivity index (χ1n) is 8.21. The normalized spacial score (nSPS) is 15.5. The highest BCUT2D eigenvalue weighted by Gasteiger charge is 2.29. The molecule has 1 fully saturated rings. The van der Waals surface area contributed by atoms with Crippen LogP contribution in [0.4, 0.5) is 5.82 Å². The van der Waals surface area contributed by atoms with Crippen molar-refractivity contribution < 1.29 is 13.2 Å². The van der Waals surface area contributed by atoms with E-state index in [1.54, 1.807) is 37.4 Å². The summed E-state index contributed by atoms with van der Waals surface area (Å²) in [7, 11) is -1.98. The first-order chi connectivity index (χ1) is 12.5. The fraction of sp³-hybridized carbons (Fsp3) is 0.333. The smallest absolute Gasteiger partial charge is 0.243 e. The van der Waals surface area contributed by atoms with Crippen molar-refractivity contribution in [1.82, 2.24) is 9.29 Å². The first-order valence-corrected chi connectivity index (χ1v) is 9.65. The number of nitriles is 1. The van der Waals surface area contributed by atoms with Crippen molar-refractivity contribution in [2.75, 3.05) is 38.2 Å². The molecule has 1 aromatic heterocycles. The van der Waals surface area contributed by atoms with Gasteiger partial charge in [-0.1, -0.05) is 0 Å². The Morgan fingerprint density at radius 1 is 1.15 bits per heavy atom. The van der Waals surface area contributed by atoms with Crippen LogP contribution in [0.1, 0.15) is 11.1 Å². The third kappa shape index (κ3) is 3.49. The predicted octanol–water partition coefficient (Wildman–Crippen LogP) is 1.78. The molecule has 0 N–H and O–H groups in total. The minimum Gasteiger partial charge on any atom is -0.496 e. The number of methoxy groups -OCH3 is 1. The van der Waals surface area contributed by atoms with Gasteiger partial charge in [-0.3, -0.25) is 0 Å². The highest BCUT2D eigenvalue weighted by molar-refractivity contribution is 7.89. The predicted molar refractivity (Wildman–Crippen MR) is 97.7 cm³/mol. The molecule has 0 aliphatic carbocycles. The van der Waals surface area contributed by atoms with Gasteiger partial charge in [-0.05, 0) is 42.8 Å². The zero-order chi connectivity index (χ0) is 18.7. The van der Waals surface area contributed by atoms with E-state index in [2.05, 4.69) is 4.98 Å². The Hall–Kier alpha value is -2.63. The minimum absolute atomic E-state index is 0.278. The SMILES string of the molecule is COc1ccc(S(=O)(=O)N2CCN(c3ccc(C#N)cn3)CC2)cc1C. The van der Waals surface area contributed by atoms with Gasteiger partial charge in [0.2, 0.25) is 10.0 Å². The summed E-state index contributed by atoms with van der Waals surface area (Å²) in [5.74, 6) is 1.42. The van der Waals surface area contributed by atoms with Gasteiger partial charge in [-0.25, -0.2) is 13.4 Å². The van der Waals surface area contributed by atoms with Crippen LogP contribution in [0.15, 0.2) is 41.4 Å². The minimum atomic E-state index is -3.54. The monoisotopic (exact) mass is 372 g/mol. The number of rotatable bonds is 4. The van der Waals surface area contributed by atoms with Crippen molar-refractivity contribution >= 4 is 15.8 Å². The molecule has 3 rings (SSSR count). The van der Waals surface area contributed by atoms with Crippen LogP contribution in [0.5, 0.6) is 5.75 Å². The molecular formula is C18H20N4O3S. The first kappa shape index (κ1) is 18.2. The molecule has 8 heteroatoms. The van der Waals surface area contributed by atoms with Crippen LogP contribution in [0.25, 0.3) is 0 Å². The maximum absolute atomic E-state index is 12.9. The van der Waals surface area contributed by atoms with Crippen LogP contribution < -0.4 is 9.64 Å². The molecule has 1 aliphatic heterocycles. The molecule has 2 aromatic rings. The van der Waals surface area contributed by atoms with Crippen molar-refractivity contribution in [3.05, 3.63) is 47.7 Å². The molecule has 7 nitrogen and oxygen atoms in total. The average molecular weight is 372 g/mol. The Balaban J connectivity index is 1.72. The van der Waals surface area contributed by atoms with Gasteiger partial charge in [0.25, 0.3) is 0 Å². The van der Waals surface area contributed by atoms with Gasteiger partial charge in [-0.2, -0.15) is 9.57 Å². The van der Waals surface area contributed by atoms with Crippen LogP contribution in [-0.2, 0) is 10.0 Å². The molecule has 0 atom stereocenters. The lowest BCUT2D eigenvalue weighted by Gasteiger charge is -2.34. The van der Waals surface area contributed by atoms with E-state index in [1.165, 1.54) is 10.5 Å². The van der Waals surface area contributed by atoms with Crippen molar-refractivity contribution in [2.24, 2.45) is 0 Å². The number of pyridine rings is 1. The third-order valence-corrected chi connectivity index (χ3v) is 6.34. The Morgan fingerprint density at radius 2 is 1.88 bits per heavy atom.